The number of pyridine rings is 1. The number of methoxy groups -OCH3 is 2. The lowest BCUT2D eigenvalue weighted by molar-refractivity contribution is 0.100. The number of carbonyl (C=O) groups excluding carboxylic acids is 1. The van der Waals surface area contributed by atoms with Crippen LogP contribution in [0.1, 0.15) is 16.1 Å². The van der Waals surface area contributed by atoms with Crippen molar-refractivity contribution in [3.63, 3.8) is 0 Å². The number of benzene rings is 1. The molecular weight excluding hydrogens is 344 g/mol. The second-order valence-corrected chi connectivity index (χ2v) is 5.13. The van der Waals surface area contributed by atoms with Gasteiger partial charge in [-0.2, -0.15) is 0 Å². The Bertz CT molecular complexity index is 927. The molecule has 0 aliphatic heterocycles. The summed E-state index contributed by atoms with van der Waals surface area (Å²) < 4.78 is 43.7. The van der Waals surface area contributed by atoms with Crippen LogP contribution in [0.4, 0.5) is 8.78 Å². The summed E-state index contributed by atoms with van der Waals surface area (Å²) in [4.78, 5) is 16.5. The van der Waals surface area contributed by atoms with E-state index in [4.69, 9.17) is 25.5 Å². The molecule has 24 heavy (non-hydrogen) atoms. The summed E-state index contributed by atoms with van der Waals surface area (Å²) in [5.41, 5.74) is -0.281. The normalized spacial score (nSPS) is 10.9. The minimum absolute atomic E-state index is 0.197. The zero-order valence-corrected chi connectivity index (χ0v) is 13.3. The molecule has 0 fully saturated rings. The Morgan fingerprint density at radius 3 is 2.33 bits per heavy atom. The molecule has 0 radical (unpaired) electrons. The molecule has 0 amide bonds. The Balaban J connectivity index is 2.18. The standard InChI is InChI=1S/C16H10ClF2NO4/c1-22-9-6-10(23-2)15(19)13(14(9)18)16(21)11-5-7-8(24-11)3-4-12(17)20-7/h3-6H,1-2H3. The highest BCUT2D eigenvalue weighted by molar-refractivity contribution is 6.29. The van der Waals surface area contributed by atoms with Crippen molar-refractivity contribution in [3.8, 4) is 11.5 Å². The third kappa shape index (κ3) is 2.56. The summed E-state index contributed by atoms with van der Waals surface area (Å²) in [5.74, 6) is -4.23. The third-order valence-corrected chi connectivity index (χ3v) is 3.57. The van der Waals surface area contributed by atoms with Gasteiger partial charge in [0.15, 0.2) is 34.5 Å². The third-order valence-electron chi connectivity index (χ3n) is 3.36. The number of furan rings is 1. The number of halogens is 3. The van der Waals surface area contributed by atoms with Gasteiger partial charge in [-0.3, -0.25) is 4.79 Å². The highest BCUT2D eigenvalue weighted by atomic mass is 35.5. The van der Waals surface area contributed by atoms with Crippen LogP contribution >= 0.6 is 11.6 Å². The van der Waals surface area contributed by atoms with Gasteiger partial charge >= 0.3 is 0 Å². The Labute approximate surface area is 139 Å². The fourth-order valence-electron chi connectivity index (χ4n) is 2.22. The number of hydrogen-bond donors (Lipinski definition) is 0. The lowest BCUT2D eigenvalue weighted by atomic mass is 10.1. The van der Waals surface area contributed by atoms with Crippen LogP contribution in [0.2, 0.25) is 5.15 Å². The van der Waals surface area contributed by atoms with Gasteiger partial charge in [-0.1, -0.05) is 11.6 Å². The van der Waals surface area contributed by atoms with Gasteiger partial charge in [0.05, 0.1) is 14.2 Å². The number of rotatable bonds is 4. The Morgan fingerprint density at radius 2 is 1.75 bits per heavy atom. The topological polar surface area (TPSA) is 61.6 Å². The van der Waals surface area contributed by atoms with Crippen molar-refractivity contribution in [1.29, 1.82) is 0 Å². The van der Waals surface area contributed by atoms with Crippen LogP contribution in [-0.2, 0) is 0 Å². The predicted octanol–water partition coefficient (Wildman–Crippen LogP) is 4.01. The van der Waals surface area contributed by atoms with Crippen LogP contribution in [0.3, 0.4) is 0 Å². The molecule has 0 N–H and O–H groups in total. The summed E-state index contributed by atoms with van der Waals surface area (Å²) in [6, 6.07) is 5.24. The maximum atomic E-state index is 14.4. The molecule has 0 bridgehead atoms. The fourth-order valence-corrected chi connectivity index (χ4v) is 2.37. The Morgan fingerprint density at radius 1 is 1.12 bits per heavy atom. The van der Waals surface area contributed by atoms with E-state index < -0.39 is 23.0 Å². The SMILES string of the molecule is COc1cc(OC)c(F)c(C(=O)c2cc3nc(Cl)ccc3o2)c1F. The van der Waals surface area contributed by atoms with Gasteiger partial charge in [-0.15, -0.1) is 0 Å². The minimum atomic E-state index is -1.15. The van der Waals surface area contributed by atoms with E-state index in [9.17, 15) is 13.6 Å². The molecule has 0 saturated heterocycles. The summed E-state index contributed by atoms with van der Waals surface area (Å²) in [6.45, 7) is 0. The molecule has 0 unspecified atom stereocenters. The lowest BCUT2D eigenvalue weighted by Gasteiger charge is -2.10. The smallest absolute Gasteiger partial charge is 0.234 e. The van der Waals surface area contributed by atoms with Gasteiger partial charge in [-0.25, -0.2) is 13.8 Å². The van der Waals surface area contributed by atoms with E-state index in [1.807, 2.05) is 0 Å². The Hall–Kier alpha value is -2.67. The zero-order valence-electron chi connectivity index (χ0n) is 12.5. The fraction of sp³-hybridized carbons (Fsp3) is 0.125. The average Bonchev–Trinajstić information content (AvgIpc) is 2.98. The van der Waals surface area contributed by atoms with Crippen molar-refractivity contribution >= 4 is 28.5 Å². The maximum absolute atomic E-state index is 14.4. The van der Waals surface area contributed by atoms with Gasteiger partial charge in [0.1, 0.15) is 16.2 Å². The molecule has 8 heteroatoms. The molecular formula is C16H10ClF2NO4. The van der Waals surface area contributed by atoms with E-state index in [-0.39, 0.29) is 28.0 Å². The van der Waals surface area contributed by atoms with Crippen molar-refractivity contribution in [2.75, 3.05) is 14.2 Å². The molecule has 124 valence electrons. The van der Waals surface area contributed by atoms with Gasteiger partial charge in [0, 0.05) is 12.1 Å². The molecule has 0 atom stereocenters. The van der Waals surface area contributed by atoms with Crippen molar-refractivity contribution in [3.05, 3.63) is 52.4 Å². The number of nitrogens with zero attached hydrogens (tertiary/aromatic N) is 1. The quantitative estimate of drug-likeness (QED) is 0.524. The summed E-state index contributed by atoms with van der Waals surface area (Å²) in [5, 5.41) is 0.197. The number of aromatic nitrogens is 1. The highest BCUT2D eigenvalue weighted by Crippen LogP contribution is 2.33. The van der Waals surface area contributed by atoms with E-state index >= 15 is 0 Å². The second-order valence-electron chi connectivity index (χ2n) is 4.74. The van der Waals surface area contributed by atoms with Gasteiger partial charge < -0.3 is 13.9 Å². The van der Waals surface area contributed by atoms with Crippen molar-refractivity contribution < 1.29 is 27.5 Å². The van der Waals surface area contributed by atoms with Crippen LogP contribution in [0.5, 0.6) is 11.5 Å². The molecule has 0 saturated carbocycles. The molecule has 1 aromatic carbocycles. The largest absolute Gasteiger partial charge is 0.494 e. The number of hydrogen-bond acceptors (Lipinski definition) is 5. The summed E-state index contributed by atoms with van der Waals surface area (Å²) in [6.07, 6.45) is 0. The maximum Gasteiger partial charge on any atom is 0.234 e. The van der Waals surface area contributed by atoms with Crippen molar-refractivity contribution in [1.82, 2.24) is 4.98 Å². The molecule has 2 heterocycles. The van der Waals surface area contributed by atoms with E-state index in [0.717, 1.165) is 6.07 Å². The number of ketones is 1. The monoisotopic (exact) mass is 353 g/mol. The van der Waals surface area contributed by atoms with Crippen LogP contribution in [-0.4, -0.2) is 25.0 Å². The molecule has 0 aliphatic rings. The lowest BCUT2D eigenvalue weighted by Crippen LogP contribution is -2.09. The zero-order chi connectivity index (χ0) is 17.4. The van der Waals surface area contributed by atoms with E-state index in [1.54, 1.807) is 0 Å². The highest BCUT2D eigenvalue weighted by Gasteiger charge is 2.28. The molecule has 3 rings (SSSR count). The minimum Gasteiger partial charge on any atom is -0.494 e. The van der Waals surface area contributed by atoms with Gasteiger partial charge in [0.25, 0.3) is 0 Å². The van der Waals surface area contributed by atoms with Crippen LogP contribution in [0.15, 0.2) is 28.7 Å². The number of ether oxygens (including phenoxy) is 2. The van der Waals surface area contributed by atoms with E-state index in [1.165, 1.54) is 32.4 Å². The summed E-state index contributed by atoms with van der Waals surface area (Å²) >= 11 is 5.76. The first-order chi connectivity index (χ1) is 11.5. The number of carbonyl (C=O) groups is 1. The van der Waals surface area contributed by atoms with Crippen molar-refractivity contribution in [2.24, 2.45) is 0 Å². The first-order valence-electron chi connectivity index (χ1n) is 6.67. The van der Waals surface area contributed by atoms with Crippen molar-refractivity contribution in [2.45, 2.75) is 0 Å². The molecule has 5 nitrogen and oxygen atoms in total. The molecule has 2 aromatic heterocycles. The number of fused-ring (bicyclic) bond motifs is 1. The van der Waals surface area contributed by atoms with E-state index in [2.05, 4.69) is 4.98 Å². The van der Waals surface area contributed by atoms with Crippen LogP contribution in [0.25, 0.3) is 11.1 Å². The first-order valence-corrected chi connectivity index (χ1v) is 7.04. The second kappa shape index (κ2) is 6.09. The van der Waals surface area contributed by atoms with Gasteiger partial charge in [0.2, 0.25) is 5.78 Å². The van der Waals surface area contributed by atoms with Gasteiger partial charge in [-0.05, 0) is 12.1 Å². The molecule has 0 spiro atoms. The molecule has 3 aromatic rings. The van der Waals surface area contributed by atoms with Crippen LogP contribution in [0, 0.1) is 11.6 Å². The first kappa shape index (κ1) is 16.2. The Kier molecular flexibility index (Phi) is 4.11. The summed E-state index contributed by atoms with van der Waals surface area (Å²) in [7, 11) is 2.38. The predicted molar refractivity (Wildman–Crippen MR) is 81.9 cm³/mol. The average molecular weight is 354 g/mol. The van der Waals surface area contributed by atoms with E-state index in [0.29, 0.717) is 5.52 Å². The molecule has 0 aliphatic carbocycles. The van der Waals surface area contributed by atoms with Crippen LogP contribution < -0.4 is 9.47 Å².